The van der Waals surface area contributed by atoms with Crippen molar-refractivity contribution in [3.8, 4) is 0 Å². The van der Waals surface area contributed by atoms with Crippen molar-refractivity contribution in [3.63, 3.8) is 0 Å². The molecule has 0 aromatic carbocycles. The van der Waals surface area contributed by atoms with Gasteiger partial charge in [-0.05, 0) is 6.92 Å². The fraction of sp³-hybridized carbons (Fsp3) is 0.800. The second-order valence-corrected chi connectivity index (χ2v) is 2.22. The van der Waals surface area contributed by atoms with Crippen LogP contribution in [0.1, 0.15) is 13.3 Å². The summed E-state index contributed by atoms with van der Waals surface area (Å²) in [5, 5.41) is 3.72. The molecule has 0 aliphatic carbocycles. The van der Waals surface area contributed by atoms with Crippen molar-refractivity contribution in [2.75, 3.05) is 5.88 Å². The average molecular weight is 134 g/mol. The van der Waals surface area contributed by atoms with Gasteiger partial charge in [0.25, 0.3) is 0 Å². The van der Waals surface area contributed by atoms with E-state index in [-0.39, 0.29) is 6.10 Å². The van der Waals surface area contributed by atoms with Crippen LogP contribution in [-0.4, -0.2) is 17.7 Å². The summed E-state index contributed by atoms with van der Waals surface area (Å²) in [6, 6.07) is 0. The highest BCUT2D eigenvalue weighted by molar-refractivity contribution is 6.18. The zero-order chi connectivity index (χ0) is 5.98. The summed E-state index contributed by atoms with van der Waals surface area (Å²) in [5.41, 5.74) is 1.04. The lowest BCUT2D eigenvalue weighted by molar-refractivity contribution is 0.102. The Morgan fingerprint density at radius 3 is 3.00 bits per heavy atom. The van der Waals surface area contributed by atoms with Crippen LogP contribution in [0.15, 0.2) is 5.16 Å². The van der Waals surface area contributed by atoms with Crippen molar-refractivity contribution >= 4 is 17.3 Å². The molecule has 0 unspecified atom stereocenters. The lowest BCUT2D eigenvalue weighted by atomic mass is 10.2. The minimum absolute atomic E-state index is 0.136. The van der Waals surface area contributed by atoms with Crippen LogP contribution in [0, 0.1) is 0 Å². The highest BCUT2D eigenvalue weighted by Crippen LogP contribution is 2.10. The molecular weight excluding hydrogens is 126 g/mol. The molecule has 0 N–H and O–H groups in total. The molecule has 1 atom stereocenters. The van der Waals surface area contributed by atoms with Gasteiger partial charge in [0.1, 0.15) is 6.10 Å². The van der Waals surface area contributed by atoms with Gasteiger partial charge in [-0.3, -0.25) is 0 Å². The summed E-state index contributed by atoms with van der Waals surface area (Å²) in [4.78, 5) is 4.87. The predicted molar refractivity (Wildman–Crippen MR) is 33.3 cm³/mol. The van der Waals surface area contributed by atoms with E-state index in [9.17, 15) is 0 Å². The number of alkyl halides is 1. The summed E-state index contributed by atoms with van der Waals surface area (Å²) >= 11 is 5.47. The molecule has 0 bridgehead atoms. The number of halogens is 1. The molecule has 2 nitrogen and oxygen atoms in total. The fourth-order valence-corrected chi connectivity index (χ4v) is 0.817. The molecule has 1 aliphatic rings. The number of hydrogen-bond acceptors (Lipinski definition) is 2. The van der Waals surface area contributed by atoms with Gasteiger partial charge < -0.3 is 4.84 Å². The van der Waals surface area contributed by atoms with E-state index in [4.69, 9.17) is 16.4 Å². The molecule has 1 rings (SSSR count). The van der Waals surface area contributed by atoms with Crippen molar-refractivity contribution in [2.45, 2.75) is 19.4 Å². The van der Waals surface area contributed by atoms with E-state index in [1.807, 2.05) is 6.92 Å². The van der Waals surface area contributed by atoms with E-state index in [0.29, 0.717) is 5.88 Å². The van der Waals surface area contributed by atoms with Gasteiger partial charge in [-0.25, -0.2) is 0 Å². The van der Waals surface area contributed by atoms with Gasteiger partial charge in [0.05, 0.1) is 11.6 Å². The molecule has 0 aromatic heterocycles. The normalized spacial score (nSPS) is 27.2. The van der Waals surface area contributed by atoms with E-state index in [1.165, 1.54) is 0 Å². The lowest BCUT2D eigenvalue weighted by Gasteiger charge is -1.98. The van der Waals surface area contributed by atoms with Crippen LogP contribution in [0.3, 0.4) is 0 Å². The maximum absolute atomic E-state index is 5.47. The zero-order valence-corrected chi connectivity index (χ0v) is 5.48. The first kappa shape index (κ1) is 5.89. The Morgan fingerprint density at radius 1 is 2.00 bits per heavy atom. The number of hydrogen-bond donors (Lipinski definition) is 0. The van der Waals surface area contributed by atoms with Crippen LogP contribution >= 0.6 is 11.6 Å². The van der Waals surface area contributed by atoms with Crippen LogP contribution in [0.5, 0.6) is 0 Å². The largest absolute Gasteiger partial charge is 0.391 e. The molecule has 1 heterocycles. The zero-order valence-electron chi connectivity index (χ0n) is 4.72. The van der Waals surface area contributed by atoms with Gasteiger partial charge in [0.15, 0.2) is 0 Å². The van der Waals surface area contributed by atoms with Crippen LogP contribution in [0.25, 0.3) is 0 Å². The first-order valence-corrected chi connectivity index (χ1v) is 3.11. The topological polar surface area (TPSA) is 21.6 Å². The predicted octanol–water partition coefficient (Wildman–Crippen LogP) is 1.39. The molecule has 1 aliphatic heterocycles. The number of rotatable bonds is 1. The maximum Gasteiger partial charge on any atom is 0.146 e. The van der Waals surface area contributed by atoms with Gasteiger partial charge in [-0.1, -0.05) is 5.16 Å². The summed E-state index contributed by atoms with van der Waals surface area (Å²) in [7, 11) is 0. The van der Waals surface area contributed by atoms with Crippen LogP contribution < -0.4 is 0 Å². The van der Waals surface area contributed by atoms with Crippen molar-refractivity contribution < 1.29 is 4.84 Å². The standard InChI is InChI=1S/C5H8ClNO/c1-4-2-5(3-6)8-7-4/h5H,2-3H2,1H3/t5-/m0/s1. The SMILES string of the molecule is CC1=NO[C@H](CCl)C1. The maximum atomic E-state index is 5.47. The third kappa shape index (κ3) is 1.13. The van der Waals surface area contributed by atoms with Gasteiger partial charge in [-0.15, -0.1) is 11.6 Å². The summed E-state index contributed by atoms with van der Waals surface area (Å²) < 4.78 is 0. The Bertz CT molecular complexity index is 113. The van der Waals surface area contributed by atoms with E-state index in [0.717, 1.165) is 12.1 Å². The van der Waals surface area contributed by atoms with Gasteiger partial charge >= 0.3 is 0 Å². The van der Waals surface area contributed by atoms with Gasteiger partial charge in [0, 0.05) is 6.42 Å². The van der Waals surface area contributed by atoms with E-state index in [1.54, 1.807) is 0 Å². The highest BCUT2D eigenvalue weighted by atomic mass is 35.5. The van der Waals surface area contributed by atoms with Crippen molar-refractivity contribution in [2.24, 2.45) is 5.16 Å². The van der Waals surface area contributed by atoms with E-state index < -0.39 is 0 Å². The minimum Gasteiger partial charge on any atom is -0.391 e. The lowest BCUT2D eigenvalue weighted by Crippen LogP contribution is -2.07. The first-order valence-electron chi connectivity index (χ1n) is 2.58. The van der Waals surface area contributed by atoms with Crippen molar-refractivity contribution in [1.82, 2.24) is 0 Å². The van der Waals surface area contributed by atoms with Crippen LogP contribution in [0.4, 0.5) is 0 Å². The summed E-state index contributed by atoms with van der Waals surface area (Å²) in [5.74, 6) is 0.543. The Morgan fingerprint density at radius 2 is 2.75 bits per heavy atom. The molecule has 46 valence electrons. The number of oxime groups is 1. The average Bonchev–Trinajstić information content (AvgIpc) is 2.14. The van der Waals surface area contributed by atoms with Gasteiger partial charge in [-0.2, -0.15) is 0 Å². The third-order valence-corrected chi connectivity index (χ3v) is 1.40. The highest BCUT2D eigenvalue weighted by Gasteiger charge is 2.15. The molecule has 3 heteroatoms. The molecule has 0 fully saturated rings. The van der Waals surface area contributed by atoms with Crippen molar-refractivity contribution in [3.05, 3.63) is 0 Å². The Balaban J connectivity index is 2.32. The Labute approximate surface area is 53.5 Å². The molecule has 0 radical (unpaired) electrons. The Kier molecular flexibility index (Phi) is 1.73. The molecule has 0 saturated heterocycles. The van der Waals surface area contributed by atoms with Crippen LogP contribution in [0.2, 0.25) is 0 Å². The fourth-order valence-electron chi connectivity index (χ4n) is 0.651. The Hall–Kier alpha value is -0.240. The summed E-state index contributed by atoms with van der Waals surface area (Å²) in [6.07, 6.45) is 1.03. The summed E-state index contributed by atoms with van der Waals surface area (Å²) in [6.45, 7) is 1.94. The van der Waals surface area contributed by atoms with E-state index >= 15 is 0 Å². The quantitative estimate of drug-likeness (QED) is 0.496. The molecule has 8 heavy (non-hydrogen) atoms. The molecule has 0 aromatic rings. The van der Waals surface area contributed by atoms with Crippen molar-refractivity contribution in [1.29, 1.82) is 0 Å². The minimum atomic E-state index is 0.136. The first-order chi connectivity index (χ1) is 3.83. The second kappa shape index (κ2) is 2.35. The second-order valence-electron chi connectivity index (χ2n) is 1.91. The third-order valence-electron chi connectivity index (χ3n) is 1.05. The molecule has 0 amide bonds. The van der Waals surface area contributed by atoms with Gasteiger partial charge in [0.2, 0.25) is 0 Å². The monoisotopic (exact) mass is 133 g/mol. The molecule has 0 spiro atoms. The molecule has 0 saturated carbocycles. The number of nitrogens with zero attached hydrogens (tertiary/aromatic N) is 1. The molecular formula is C5H8ClNO. The van der Waals surface area contributed by atoms with Crippen LogP contribution in [-0.2, 0) is 4.84 Å². The smallest absolute Gasteiger partial charge is 0.146 e. The van der Waals surface area contributed by atoms with E-state index in [2.05, 4.69) is 5.16 Å².